The summed E-state index contributed by atoms with van der Waals surface area (Å²) in [5, 5.41) is 0. The van der Waals surface area contributed by atoms with E-state index in [0.29, 0.717) is 5.88 Å². The average Bonchev–Trinajstić information content (AvgIpc) is 2.32. The van der Waals surface area contributed by atoms with Crippen LogP contribution < -0.4 is 4.74 Å². The molecule has 0 aromatic heterocycles. The molecule has 88 valence electrons. The van der Waals surface area contributed by atoms with Crippen LogP contribution in [0.3, 0.4) is 0 Å². The first-order valence-electron chi connectivity index (χ1n) is 5.28. The summed E-state index contributed by atoms with van der Waals surface area (Å²) in [4.78, 5) is 0. The molecule has 0 N–H and O–H groups in total. The fourth-order valence-electron chi connectivity index (χ4n) is 1.50. The number of hydrogen-bond donors (Lipinski definition) is 0. The molecule has 0 aliphatic rings. The minimum Gasteiger partial charge on any atom is -0.457 e. The van der Waals surface area contributed by atoms with Gasteiger partial charge in [0.2, 0.25) is 0 Å². The number of halogens is 2. The molecule has 0 fully saturated rings. The highest BCUT2D eigenvalue weighted by molar-refractivity contribution is 9.10. The number of aryl methyl sites for hydroxylation is 1. The van der Waals surface area contributed by atoms with E-state index in [1.165, 1.54) is 0 Å². The summed E-state index contributed by atoms with van der Waals surface area (Å²) in [6.07, 6.45) is 0. The van der Waals surface area contributed by atoms with E-state index in [0.717, 1.165) is 27.1 Å². The van der Waals surface area contributed by atoms with E-state index in [1.54, 1.807) is 0 Å². The number of hydrogen-bond acceptors (Lipinski definition) is 1. The lowest BCUT2D eigenvalue weighted by Gasteiger charge is -2.09. The molecule has 0 saturated carbocycles. The monoisotopic (exact) mass is 310 g/mol. The number of para-hydroxylation sites is 1. The van der Waals surface area contributed by atoms with Gasteiger partial charge in [0.15, 0.2) is 0 Å². The first-order valence-corrected chi connectivity index (χ1v) is 6.61. The van der Waals surface area contributed by atoms with Crippen LogP contribution in [0.15, 0.2) is 46.9 Å². The van der Waals surface area contributed by atoms with Crippen LogP contribution >= 0.6 is 27.5 Å². The van der Waals surface area contributed by atoms with Crippen molar-refractivity contribution in [2.45, 2.75) is 12.8 Å². The fourth-order valence-corrected chi connectivity index (χ4v) is 2.39. The second-order valence-electron chi connectivity index (χ2n) is 3.75. The Morgan fingerprint density at radius 3 is 2.59 bits per heavy atom. The van der Waals surface area contributed by atoms with Crippen molar-refractivity contribution in [1.82, 2.24) is 0 Å². The topological polar surface area (TPSA) is 9.23 Å². The standard InChI is InChI=1S/C14H12BrClO/c1-10-4-2-3-5-14(10)17-12-7-6-11(9-16)13(15)8-12/h2-8H,9H2,1H3. The van der Waals surface area contributed by atoms with Crippen LogP contribution in [0.5, 0.6) is 11.5 Å². The number of ether oxygens (including phenoxy) is 1. The van der Waals surface area contributed by atoms with Crippen molar-refractivity contribution in [2.75, 3.05) is 0 Å². The Morgan fingerprint density at radius 1 is 1.18 bits per heavy atom. The molecule has 3 heteroatoms. The molecule has 0 aliphatic carbocycles. The molecule has 0 bridgehead atoms. The summed E-state index contributed by atoms with van der Waals surface area (Å²) in [6.45, 7) is 2.03. The molecule has 0 saturated heterocycles. The summed E-state index contributed by atoms with van der Waals surface area (Å²) in [5.74, 6) is 2.17. The molecule has 2 aromatic rings. The highest BCUT2D eigenvalue weighted by atomic mass is 79.9. The van der Waals surface area contributed by atoms with Gasteiger partial charge in [-0.2, -0.15) is 0 Å². The Balaban J connectivity index is 2.25. The van der Waals surface area contributed by atoms with Gasteiger partial charge >= 0.3 is 0 Å². The predicted octanol–water partition coefficient (Wildman–Crippen LogP) is 5.29. The SMILES string of the molecule is Cc1ccccc1Oc1ccc(CCl)c(Br)c1. The van der Waals surface area contributed by atoms with Crippen LogP contribution in [0.2, 0.25) is 0 Å². The second-order valence-corrected chi connectivity index (χ2v) is 4.88. The number of rotatable bonds is 3. The zero-order valence-corrected chi connectivity index (χ0v) is 11.8. The Labute approximate surface area is 115 Å². The molecule has 0 amide bonds. The smallest absolute Gasteiger partial charge is 0.130 e. The number of benzene rings is 2. The van der Waals surface area contributed by atoms with Crippen LogP contribution in [-0.4, -0.2) is 0 Å². The molecule has 0 aliphatic heterocycles. The van der Waals surface area contributed by atoms with E-state index in [-0.39, 0.29) is 0 Å². The van der Waals surface area contributed by atoms with Crippen LogP contribution in [0, 0.1) is 6.92 Å². The van der Waals surface area contributed by atoms with Crippen molar-refractivity contribution in [2.24, 2.45) is 0 Å². The third-order valence-electron chi connectivity index (χ3n) is 2.49. The minimum absolute atomic E-state index is 0.491. The van der Waals surface area contributed by atoms with Gasteiger partial charge in [0.25, 0.3) is 0 Å². The van der Waals surface area contributed by atoms with Gasteiger partial charge in [-0.05, 0) is 36.2 Å². The van der Waals surface area contributed by atoms with Gasteiger partial charge in [-0.15, -0.1) is 11.6 Å². The van der Waals surface area contributed by atoms with Crippen LogP contribution in [-0.2, 0) is 5.88 Å². The summed E-state index contributed by atoms with van der Waals surface area (Å²) in [6, 6.07) is 13.8. The Bertz CT molecular complexity index is 525. The maximum absolute atomic E-state index is 5.82. The van der Waals surface area contributed by atoms with Crippen LogP contribution in [0.4, 0.5) is 0 Å². The largest absolute Gasteiger partial charge is 0.457 e. The molecule has 1 nitrogen and oxygen atoms in total. The van der Waals surface area contributed by atoms with Crippen LogP contribution in [0.25, 0.3) is 0 Å². The van der Waals surface area contributed by atoms with Gasteiger partial charge in [-0.3, -0.25) is 0 Å². The Kier molecular flexibility index (Phi) is 4.08. The highest BCUT2D eigenvalue weighted by Crippen LogP contribution is 2.29. The van der Waals surface area contributed by atoms with E-state index in [4.69, 9.17) is 16.3 Å². The highest BCUT2D eigenvalue weighted by Gasteiger charge is 2.03. The van der Waals surface area contributed by atoms with Gasteiger partial charge < -0.3 is 4.74 Å². The van der Waals surface area contributed by atoms with E-state index in [2.05, 4.69) is 15.9 Å². The van der Waals surface area contributed by atoms with Crippen molar-refractivity contribution in [3.63, 3.8) is 0 Å². The first-order chi connectivity index (χ1) is 8.20. The second kappa shape index (κ2) is 5.56. The van der Waals surface area contributed by atoms with E-state index in [1.807, 2.05) is 49.4 Å². The van der Waals surface area contributed by atoms with Crippen molar-refractivity contribution in [3.05, 3.63) is 58.1 Å². The quantitative estimate of drug-likeness (QED) is 0.700. The third kappa shape index (κ3) is 3.02. The summed E-state index contributed by atoms with van der Waals surface area (Å²) in [7, 11) is 0. The molecular formula is C14H12BrClO. The van der Waals surface area contributed by atoms with Crippen LogP contribution in [0.1, 0.15) is 11.1 Å². The molecule has 0 atom stereocenters. The Hall–Kier alpha value is -0.990. The average molecular weight is 312 g/mol. The van der Waals surface area contributed by atoms with E-state index in [9.17, 15) is 0 Å². The minimum atomic E-state index is 0.491. The lowest BCUT2D eigenvalue weighted by atomic mass is 10.2. The van der Waals surface area contributed by atoms with Gasteiger partial charge in [-0.1, -0.05) is 40.2 Å². The zero-order valence-electron chi connectivity index (χ0n) is 9.41. The molecular weight excluding hydrogens is 300 g/mol. The van der Waals surface area contributed by atoms with E-state index >= 15 is 0 Å². The van der Waals surface area contributed by atoms with Crippen molar-refractivity contribution < 1.29 is 4.74 Å². The lowest BCUT2D eigenvalue weighted by Crippen LogP contribution is -1.88. The normalized spacial score (nSPS) is 10.3. The van der Waals surface area contributed by atoms with Gasteiger partial charge in [0, 0.05) is 10.4 Å². The summed E-state index contributed by atoms with van der Waals surface area (Å²) >= 11 is 9.27. The third-order valence-corrected chi connectivity index (χ3v) is 3.52. The van der Waals surface area contributed by atoms with Crippen molar-refractivity contribution >= 4 is 27.5 Å². The van der Waals surface area contributed by atoms with Gasteiger partial charge in [0.05, 0.1) is 0 Å². The summed E-state index contributed by atoms with van der Waals surface area (Å²) in [5.41, 5.74) is 2.17. The predicted molar refractivity (Wildman–Crippen MR) is 75.0 cm³/mol. The first kappa shape index (κ1) is 12.5. The maximum atomic E-state index is 5.82. The maximum Gasteiger partial charge on any atom is 0.130 e. The van der Waals surface area contributed by atoms with Crippen molar-refractivity contribution in [1.29, 1.82) is 0 Å². The lowest BCUT2D eigenvalue weighted by molar-refractivity contribution is 0.478. The van der Waals surface area contributed by atoms with Gasteiger partial charge in [0.1, 0.15) is 11.5 Å². The molecule has 0 radical (unpaired) electrons. The summed E-state index contributed by atoms with van der Waals surface area (Å²) < 4.78 is 6.79. The van der Waals surface area contributed by atoms with E-state index < -0.39 is 0 Å². The zero-order chi connectivity index (χ0) is 12.3. The fraction of sp³-hybridized carbons (Fsp3) is 0.143. The van der Waals surface area contributed by atoms with Gasteiger partial charge in [-0.25, -0.2) is 0 Å². The van der Waals surface area contributed by atoms with Crippen molar-refractivity contribution in [3.8, 4) is 11.5 Å². The molecule has 2 aromatic carbocycles. The number of alkyl halides is 1. The Morgan fingerprint density at radius 2 is 1.94 bits per heavy atom. The molecule has 0 unspecified atom stereocenters. The molecule has 17 heavy (non-hydrogen) atoms. The molecule has 2 rings (SSSR count). The molecule has 0 heterocycles. The molecule has 0 spiro atoms.